The lowest BCUT2D eigenvalue weighted by Crippen LogP contribution is -2.02. The maximum Gasteiger partial charge on any atom is 0.189 e. The third-order valence-electron chi connectivity index (χ3n) is 4.56. The van der Waals surface area contributed by atoms with Gasteiger partial charge in [0, 0.05) is 11.0 Å². The maximum atomic E-state index is 14.3. The molecular weight excluding hydrogens is 319 g/mol. The average Bonchev–Trinajstić information content (AvgIpc) is 3.14. The first-order valence-corrected chi connectivity index (χ1v) is 8.03. The molecule has 2 N–H and O–H groups in total. The minimum absolute atomic E-state index is 0.00684. The molecule has 2 aliphatic rings. The number of nitrogens with zero attached hydrogens (tertiary/aromatic N) is 1. The molecule has 1 aromatic carbocycles. The molecule has 0 amide bonds. The van der Waals surface area contributed by atoms with Gasteiger partial charge >= 0.3 is 0 Å². The standard InChI is InChI=1S/C17H16ClFN2O2/c1-2-8-13-9(10-4-6-12-16(10)23-7-22-12)3-5-11(19)15(13)21-17(20)14(8)18/h3,5,12H,2,4,6-7H2,1H3,(H2,20,21). The summed E-state index contributed by atoms with van der Waals surface area (Å²) in [5.74, 6) is 0.618. The van der Waals surface area contributed by atoms with Gasteiger partial charge in [0.15, 0.2) is 6.79 Å². The summed E-state index contributed by atoms with van der Waals surface area (Å²) in [6.07, 6.45) is 2.35. The second-order valence-corrected chi connectivity index (χ2v) is 6.14. The van der Waals surface area contributed by atoms with Crippen LogP contribution in [0.25, 0.3) is 16.5 Å². The number of hydrogen-bond donors (Lipinski definition) is 1. The van der Waals surface area contributed by atoms with Gasteiger partial charge in [-0.25, -0.2) is 9.37 Å². The summed E-state index contributed by atoms with van der Waals surface area (Å²) in [6.45, 7) is 2.24. The number of allylic oxidation sites excluding steroid dienone is 1. The fourth-order valence-electron chi connectivity index (χ4n) is 3.51. The van der Waals surface area contributed by atoms with Crippen molar-refractivity contribution < 1.29 is 13.9 Å². The second kappa shape index (κ2) is 5.35. The topological polar surface area (TPSA) is 57.4 Å². The zero-order valence-electron chi connectivity index (χ0n) is 12.7. The number of benzene rings is 1. The van der Waals surface area contributed by atoms with E-state index in [0.29, 0.717) is 11.4 Å². The van der Waals surface area contributed by atoms with E-state index in [0.717, 1.165) is 40.7 Å². The lowest BCUT2D eigenvalue weighted by molar-refractivity contribution is 0.0464. The second-order valence-electron chi connectivity index (χ2n) is 5.76. The van der Waals surface area contributed by atoms with Crippen molar-refractivity contribution in [3.05, 3.63) is 39.9 Å². The lowest BCUT2D eigenvalue weighted by atomic mass is 9.95. The molecule has 1 saturated heterocycles. The van der Waals surface area contributed by atoms with Gasteiger partial charge in [-0.2, -0.15) is 0 Å². The molecule has 6 heteroatoms. The third-order valence-corrected chi connectivity index (χ3v) is 4.98. The molecule has 1 unspecified atom stereocenters. The Labute approximate surface area is 138 Å². The van der Waals surface area contributed by atoms with E-state index in [1.165, 1.54) is 6.07 Å². The lowest BCUT2D eigenvalue weighted by Gasteiger charge is -2.15. The van der Waals surface area contributed by atoms with Crippen molar-refractivity contribution in [3.8, 4) is 0 Å². The van der Waals surface area contributed by atoms with Crippen molar-refractivity contribution in [2.24, 2.45) is 0 Å². The highest BCUT2D eigenvalue weighted by Gasteiger charge is 2.34. The quantitative estimate of drug-likeness (QED) is 0.900. The Bertz CT molecular complexity index is 850. The van der Waals surface area contributed by atoms with E-state index in [1.807, 2.05) is 6.92 Å². The van der Waals surface area contributed by atoms with Crippen molar-refractivity contribution in [1.82, 2.24) is 4.98 Å². The summed E-state index contributed by atoms with van der Waals surface area (Å²) in [7, 11) is 0. The van der Waals surface area contributed by atoms with Gasteiger partial charge in [-0.05, 0) is 36.5 Å². The van der Waals surface area contributed by atoms with Crippen LogP contribution in [0.5, 0.6) is 0 Å². The predicted molar refractivity (Wildman–Crippen MR) is 87.5 cm³/mol. The van der Waals surface area contributed by atoms with Crippen LogP contribution in [0, 0.1) is 5.82 Å². The minimum atomic E-state index is -0.398. The molecule has 0 spiro atoms. The Morgan fingerprint density at radius 2 is 2.26 bits per heavy atom. The van der Waals surface area contributed by atoms with Gasteiger partial charge in [-0.15, -0.1) is 0 Å². The number of rotatable bonds is 2. The monoisotopic (exact) mass is 334 g/mol. The number of halogens is 2. The van der Waals surface area contributed by atoms with E-state index < -0.39 is 5.82 Å². The molecule has 120 valence electrons. The number of aryl methyl sites for hydroxylation is 1. The normalized spacial score (nSPS) is 20.2. The Morgan fingerprint density at radius 3 is 3.04 bits per heavy atom. The van der Waals surface area contributed by atoms with Crippen LogP contribution in [0.3, 0.4) is 0 Å². The summed E-state index contributed by atoms with van der Waals surface area (Å²) in [5, 5.41) is 1.13. The van der Waals surface area contributed by atoms with E-state index in [4.69, 9.17) is 26.8 Å². The van der Waals surface area contributed by atoms with Gasteiger partial charge in [0.25, 0.3) is 0 Å². The minimum Gasteiger partial charge on any atom is -0.469 e. The highest BCUT2D eigenvalue weighted by molar-refractivity contribution is 6.34. The van der Waals surface area contributed by atoms with Gasteiger partial charge in [0.1, 0.15) is 29.0 Å². The van der Waals surface area contributed by atoms with Gasteiger partial charge < -0.3 is 15.2 Å². The third kappa shape index (κ3) is 2.11. The number of aromatic nitrogens is 1. The van der Waals surface area contributed by atoms with Crippen LogP contribution in [0.1, 0.15) is 30.9 Å². The average molecular weight is 335 g/mol. The van der Waals surface area contributed by atoms with Crippen molar-refractivity contribution in [3.63, 3.8) is 0 Å². The van der Waals surface area contributed by atoms with Crippen LogP contribution in [-0.4, -0.2) is 17.9 Å². The zero-order valence-corrected chi connectivity index (χ0v) is 13.4. The number of nitrogen functional groups attached to an aromatic ring is 1. The van der Waals surface area contributed by atoms with E-state index in [2.05, 4.69) is 4.98 Å². The van der Waals surface area contributed by atoms with Crippen LogP contribution in [0.2, 0.25) is 5.02 Å². The molecule has 2 aromatic rings. The summed E-state index contributed by atoms with van der Waals surface area (Å²) in [5.41, 5.74) is 8.90. The molecule has 0 saturated carbocycles. The predicted octanol–water partition coefficient (Wildman–Crippen LogP) is 4.05. The molecule has 1 atom stereocenters. The molecule has 1 aliphatic carbocycles. The molecule has 1 aliphatic heterocycles. The van der Waals surface area contributed by atoms with Crippen molar-refractivity contribution >= 4 is 33.9 Å². The fourth-order valence-corrected chi connectivity index (χ4v) is 3.78. The number of ether oxygens (including phenoxy) is 2. The van der Waals surface area contributed by atoms with E-state index >= 15 is 0 Å². The molecule has 4 nitrogen and oxygen atoms in total. The van der Waals surface area contributed by atoms with Crippen LogP contribution < -0.4 is 5.73 Å². The number of fused-ring (bicyclic) bond motifs is 2. The molecule has 1 aromatic heterocycles. The Morgan fingerprint density at radius 1 is 1.43 bits per heavy atom. The molecule has 1 fully saturated rings. The zero-order chi connectivity index (χ0) is 16.1. The van der Waals surface area contributed by atoms with Gasteiger partial charge in [-0.3, -0.25) is 0 Å². The van der Waals surface area contributed by atoms with Gasteiger partial charge in [0.2, 0.25) is 0 Å². The fraction of sp³-hybridized carbons (Fsp3) is 0.353. The first kappa shape index (κ1) is 14.7. The Kier molecular flexibility index (Phi) is 3.43. The Balaban J connectivity index is 2.07. The summed E-state index contributed by atoms with van der Waals surface area (Å²) in [4.78, 5) is 4.18. The van der Waals surface area contributed by atoms with Gasteiger partial charge in [0.05, 0.1) is 5.02 Å². The van der Waals surface area contributed by atoms with Crippen molar-refractivity contribution in [2.75, 3.05) is 12.5 Å². The van der Waals surface area contributed by atoms with Gasteiger partial charge in [-0.1, -0.05) is 24.6 Å². The van der Waals surface area contributed by atoms with E-state index in [1.54, 1.807) is 6.07 Å². The molecular formula is C17H16ClFN2O2. The van der Waals surface area contributed by atoms with Crippen LogP contribution in [0.4, 0.5) is 10.2 Å². The molecule has 0 bridgehead atoms. The van der Waals surface area contributed by atoms with Crippen molar-refractivity contribution in [1.29, 1.82) is 0 Å². The SMILES string of the molecule is CCc1c(Cl)c(N)nc2c(F)ccc(C3=C4OCOC4CC3)c12. The van der Waals surface area contributed by atoms with E-state index in [-0.39, 0.29) is 24.2 Å². The Hall–Kier alpha value is -1.85. The maximum absolute atomic E-state index is 14.3. The smallest absolute Gasteiger partial charge is 0.189 e. The molecule has 0 radical (unpaired) electrons. The first-order valence-electron chi connectivity index (χ1n) is 7.65. The first-order chi connectivity index (χ1) is 11.1. The number of pyridine rings is 1. The number of nitrogens with two attached hydrogens (primary N) is 1. The molecule has 4 rings (SSSR count). The highest BCUT2D eigenvalue weighted by atomic mass is 35.5. The van der Waals surface area contributed by atoms with Crippen LogP contribution in [0.15, 0.2) is 17.9 Å². The van der Waals surface area contributed by atoms with Crippen molar-refractivity contribution in [2.45, 2.75) is 32.3 Å². The summed E-state index contributed by atoms with van der Waals surface area (Å²) in [6, 6.07) is 3.20. The summed E-state index contributed by atoms with van der Waals surface area (Å²) < 4.78 is 25.5. The largest absolute Gasteiger partial charge is 0.469 e. The number of anilines is 1. The van der Waals surface area contributed by atoms with E-state index in [9.17, 15) is 4.39 Å². The summed E-state index contributed by atoms with van der Waals surface area (Å²) >= 11 is 6.33. The van der Waals surface area contributed by atoms with Crippen LogP contribution >= 0.6 is 11.6 Å². The highest BCUT2D eigenvalue weighted by Crippen LogP contribution is 2.43. The molecule has 23 heavy (non-hydrogen) atoms. The van der Waals surface area contributed by atoms with Crippen LogP contribution in [-0.2, 0) is 15.9 Å². The molecule has 2 heterocycles. The number of hydrogen-bond acceptors (Lipinski definition) is 4.